The lowest BCUT2D eigenvalue weighted by Gasteiger charge is -2.58. The smallest absolute Gasteiger partial charge is 0.193 e. The van der Waals surface area contributed by atoms with E-state index in [4.69, 9.17) is 8.85 Å². The second-order valence-electron chi connectivity index (χ2n) is 14.7. The van der Waals surface area contributed by atoms with E-state index in [1.807, 2.05) is 60.7 Å². The lowest BCUT2D eigenvalue weighted by Crippen LogP contribution is -2.63. The first-order valence-electron chi connectivity index (χ1n) is 17.5. The number of carbonyl (C=O) groups excluding carboxylic acids is 1. The van der Waals surface area contributed by atoms with Crippen molar-refractivity contribution in [3.8, 4) is 0 Å². The second kappa shape index (κ2) is 16.1. The van der Waals surface area contributed by atoms with Gasteiger partial charge in [0.1, 0.15) is 11.2 Å². The van der Waals surface area contributed by atoms with Gasteiger partial charge >= 0.3 is 0 Å². The van der Waals surface area contributed by atoms with E-state index in [1.54, 1.807) is 0 Å². The van der Waals surface area contributed by atoms with E-state index in [-0.39, 0.29) is 11.7 Å². The highest BCUT2D eigenvalue weighted by molar-refractivity contribution is 6.70. The Morgan fingerprint density at radius 1 is 0.520 bits per heavy atom. The summed E-state index contributed by atoms with van der Waals surface area (Å²) in [4.78, 5) is 11.8. The summed E-state index contributed by atoms with van der Waals surface area (Å²) < 4.78 is 15.2. The first-order chi connectivity index (χ1) is 24.0. The zero-order valence-electron chi connectivity index (χ0n) is 30.3. The molecule has 0 amide bonds. The molecule has 256 valence electrons. The highest BCUT2D eigenvalue weighted by Gasteiger charge is 2.62. The summed E-state index contributed by atoms with van der Waals surface area (Å²) in [5, 5.41) is 0. The third-order valence-corrected chi connectivity index (χ3v) is 10.4. The maximum atomic E-state index is 11.8. The van der Waals surface area contributed by atoms with Gasteiger partial charge in [-0.05, 0) is 62.4 Å². The molecule has 0 fully saturated rings. The van der Waals surface area contributed by atoms with Gasteiger partial charge in [0.15, 0.2) is 22.4 Å². The van der Waals surface area contributed by atoms with Crippen molar-refractivity contribution >= 4 is 22.4 Å². The monoisotopic (exact) mass is 694 g/mol. The van der Waals surface area contributed by atoms with Crippen LogP contribution in [0, 0.1) is 5.92 Å². The molecule has 3 nitrogen and oxygen atoms in total. The molecule has 0 bridgehead atoms. The van der Waals surface area contributed by atoms with Crippen molar-refractivity contribution in [2.75, 3.05) is 0 Å². The molecule has 0 spiro atoms. The van der Waals surface area contributed by atoms with Gasteiger partial charge in [0, 0.05) is 17.0 Å². The van der Waals surface area contributed by atoms with Crippen molar-refractivity contribution in [3.05, 3.63) is 204 Å². The molecule has 2 atom stereocenters. The van der Waals surface area contributed by atoms with Crippen LogP contribution in [0.1, 0.15) is 39.0 Å². The van der Waals surface area contributed by atoms with Crippen molar-refractivity contribution in [3.63, 3.8) is 0 Å². The molecule has 0 N–H and O–H groups in total. The van der Waals surface area contributed by atoms with Crippen molar-refractivity contribution in [2.24, 2.45) is 5.92 Å². The van der Waals surface area contributed by atoms with Crippen LogP contribution in [0.15, 0.2) is 176 Å². The topological polar surface area (TPSA) is 35.5 Å². The highest BCUT2D eigenvalue weighted by Crippen LogP contribution is 2.58. The van der Waals surface area contributed by atoms with E-state index >= 15 is 0 Å². The van der Waals surface area contributed by atoms with Crippen molar-refractivity contribution in [2.45, 2.75) is 56.9 Å². The molecule has 0 saturated heterocycles. The molecular weight excluding hydrogens is 645 g/mol. The lowest BCUT2D eigenvalue weighted by atomic mass is 9.62. The van der Waals surface area contributed by atoms with Gasteiger partial charge in [0.2, 0.25) is 0 Å². The Kier molecular flexibility index (Phi) is 11.9. The molecule has 1 aliphatic carbocycles. The molecule has 1 aliphatic rings. The molecule has 0 heterocycles. The summed E-state index contributed by atoms with van der Waals surface area (Å²) in [7, 11) is -4.28. The van der Waals surface area contributed by atoms with E-state index in [2.05, 4.69) is 155 Å². The van der Waals surface area contributed by atoms with Crippen LogP contribution in [0.2, 0.25) is 39.3 Å². The Balaban J connectivity index is 0.000000288. The van der Waals surface area contributed by atoms with E-state index < -0.39 is 27.8 Å². The van der Waals surface area contributed by atoms with Crippen LogP contribution >= 0.6 is 0 Å². The molecule has 0 aliphatic heterocycles. The average Bonchev–Trinajstić information content (AvgIpc) is 3.14. The van der Waals surface area contributed by atoms with E-state index in [0.29, 0.717) is 0 Å². The summed E-state index contributed by atoms with van der Waals surface area (Å²) in [6, 6.07) is 51.0. The van der Waals surface area contributed by atoms with Crippen LogP contribution in [-0.4, -0.2) is 22.4 Å². The molecule has 0 radical (unpaired) electrons. The van der Waals surface area contributed by atoms with E-state index in [9.17, 15) is 4.79 Å². The van der Waals surface area contributed by atoms with E-state index in [1.165, 1.54) is 0 Å². The Labute approximate surface area is 301 Å². The van der Waals surface area contributed by atoms with Gasteiger partial charge in [-0.2, -0.15) is 0 Å². The third-order valence-electron chi connectivity index (χ3n) is 8.59. The Morgan fingerprint density at radius 3 is 1.26 bits per heavy atom. The van der Waals surface area contributed by atoms with Crippen LogP contribution in [0.25, 0.3) is 0 Å². The predicted molar refractivity (Wildman–Crippen MR) is 213 cm³/mol. The van der Waals surface area contributed by atoms with Crippen LogP contribution in [-0.2, 0) is 20.1 Å². The molecule has 5 aromatic carbocycles. The molecule has 5 heteroatoms. The minimum atomic E-state index is -2.15. The summed E-state index contributed by atoms with van der Waals surface area (Å²) in [5.74, 6) is 0.152. The minimum Gasteiger partial charge on any atom is -0.404 e. The van der Waals surface area contributed by atoms with E-state index in [0.717, 1.165) is 34.2 Å². The number of rotatable bonds is 11. The molecule has 0 aromatic heterocycles. The van der Waals surface area contributed by atoms with Crippen LogP contribution in [0.5, 0.6) is 0 Å². The molecule has 50 heavy (non-hydrogen) atoms. The number of ketones is 1. The third kappa shape index (κ3) is 8.48. The normalized spacial score (nSPS) is 15.8. The average molecular weight is 695 g/mol. The van der Waals surface area contributed by atoms with Crippen LogP contribution < -0.4 is 0 Å². The Bertz CT molecular complexity index is 1760. The van der Waals surface area contributed by atoms with Gasteiger partial charge in [-0.3, -0.25) is 4.79 Å². The highest BCUT2D eigenvalue weighted by atomic mass is 28.4. The summed E-state index contributed by atoms with van der Waals surface area (Å²) in [5.41, 5.74) is 3.23. The molecular formula is C45H50O3Si2. The van der Waals surface area contributed by atoms with Gasteiger partial charge in [-0.1, -0.05) is 176 Å². The Morgan fingerprint density at radius 2 is 0.900 bits per heavy atom. The first-order valence-corrected chi connectivity index (χ1v) is 24.3. The number of allylic oxidation sites excluding steroid dienone is 3. The van der Waals surface area contributed by atoms with Gasteiger partial charge in [-0.15, -0.1) is 0 Å². The standard InChI is InChI=1S/C32H40O2Si2.C13H10O/c1-35(2,3)33-31(27-19-11-7-12-20-27,28-21-13-8-14-22-28)32(34-36(4,5)6,29-23-15-9-16-24-29)30-25-17-10-18-26-30;14-13(11-7-3-1-4-8-11)12-9-5-2-6-10-12/h7-25,30H,26H2,1-6H3;1-10H. The summed E-state index contributed by atoms with van der Waals surface area (Å²) in [6.45, 7) is 13.7. The Hall–Kier alpha value is -4.40. The summed E-state index contributed by atoms with van der Waals surface area (Å²) in [6.07, 6.45) is 9.81. The minimum absolute atomic E-state index is 0.0752. The number of hydrogen-bond acceptors (Lipinski definition) is 3. The van der Waals surface area contributed by atoms with Crippen LogP contribution in [0.4, 0.5) is 0 Å². The number of benzene rings is 5. The maximum absolute atomic E-state index is 11.8. The first kappa shape index (κ1) is 36.9. The molecule has 0 saturated carbocycles. The van der Waals surface area contributed by atoms with Gasteiger partial charge in [0.05, 0.1) is 0 Å². The molecule has 5 aromatic rings. The fraction of sp³-hybridized carbons (Fsp3) is 0.222. The number of carbonyl (C=O) groups is 1. The zero-order valence-corrected chi connectivity index (χ0v) is 32.3. The zero-order chi connectivity index (χ0) is 35.7. The van der Waals surface area contributed by atoms with Crippen LogP contribution in [0.3, 0.4) is 0 Å². The lowest BCUT2D eigenvalue weighted by molar-refractivity contribution is -0.140. The summed E-state index contributed by atoms with van der Waals surface area (Å²) >= 11 is 0. The van der Waals surface area contributed by atoms with Gasteiger partial charge in [0.25, 0.3) is 0 Å². The SMILES string of the molecule is C[Si](C)(C)OC(c1ccccc1)(c1ccccc1)C(O[Si](C)(C)C)(c1ccccc1)C1C=CC=CC1.O=C(c1ccccc1)c1ccccc1. The largest absolute Gasteiger partial charge is 0.404 e. The fourth-order valence-corrected chi connectivity index (χ4v) is 9.56. The predicted octanol–water partition coefficient (Wildman–Crippen LogP) is 11.6. The van der Waals surface area contributed by atoms with Gasteiger partial charge < -0.3 is 8.85 Å². The molecule has 2 unspecified atom stereocenters. The quantitative estimate of drug-likeness (QED) is 0.102. The number of hydrogen-bond donors (Lipinski definition) is 0. The van der Waals surface area contributed by atoms with Crippen molar-refractivity contribution < 1.29 is 13.6 Å². The maximum Gasteiger partial charge on any atom is 0.193 e. The fourth-order valence-electron chi connectivity index (χ4n) is 6.88. The van der Waals surface area contributed by atoms with Gasteiger partial charge in [-0.25, -0.2) is 0 Å². The van der Waals surface area contributed by atoms with Crippen molar-refractivity contribution in [1.29, 1.82) is 0 Å². The molecule has 6 rings (SSSR count). The second-order valence-corrected chi connectivity index (χ2v) is 23.5. The van der Waals surface area contributed by atoms with Crippen molar-refractivity contribution in [1.82, 2.24) is 0 Å².